The van der Waals surface area contributed by atoms with Gasteiger partial charge in [-0.25, -0.2) is 8.42 Å². The van der Waals surface area contributed by atoms with Gasteiger partial charge in [-0.3, -0.25) is 4.79 Å². The molecule has 2 aromatic rings. The molecule has 0 aliphatic heterocycles. The van der Waals surface area contributed by atoms with Crippen LogP contribution in [0.15, 0.2) is 47.4 Å². The number of carbonyl (C=O) groups is 1. The molecule has 152 valence electrons. The molecule has 0 spiro atoms. The van der Waals surface area contributed by atoms with Crippen molar-refractivity contribution in [1.82, 2.24) is 4.31 Å². The number of ether oxygens (including phenoxy) is 1. The second kappa shape index (κ2) is 9.21. The molecule has 28 heavy (non-hydrogen) atoms. The van der Waals surface area contributed by atoms with E-state index < -0.39 is 10.0 Å². The van der Waals surface area contributed by atoms with E-state index in [2.05, 4.69) is 5.32 Å². The molecule has 1 atom stereocenters. The first kappa shape index (κ1) is 21.9. The molecule has 2 aromatic carbocycles. The fraction of sp³-hybridized carbons (Fsp3) is 0.381. The van der Waals surface area contributed by atoms with Crippen LogP contribution in [0, 0.1) is 13.8 Å². The maximum absolute atomic E-state index is 13.1. The fourth-order valence-corrected chi connectivity index (χ4v) is 4.44. The minimum Gasteiger partial charge on any atom is -0.497 e. The lowest BCUT2D eigenvalue weighted by Gasteiger charge is -2.27. The van der Waals surface area contributed by atoms with Crippen LogP contribution in [0.2, 0.25) is 0 Å². The number of rotatable bonds is 8. The van der Waals surface area contributed by atoms with Crippen molar-refractivity contribution >= 4 is 21.6 Å². The largest absolute Gasteiger partial charge is 0.497 e. The monoisotopic (exact) mass is 404 g/mol. The maximum Gasteiger partial charge on any atom is 0.243 e. The molecule has 0 bridgehead atoms. The van der Waals surface area contributed by atoms with Crippen molar-refractivity contribution in [2.24, 2.45) is 0 Å². The van der Waals surface area contributed by atoms with Crippen molar-refractivity contribution in [3.05, 3.63) is 53.6 Å². The van der Waals surface area contributed by atoms with Gasteiger partial charge in [0, 0.05) is 11.7 Å². The van der Waals surface area contributed by atoms with E-state index in [0.717, 1.165) is 11.1 Å². The molecule has 1 N–H and O–H groups in total. The average molecular weight is 405 g/mol. The number of hydrogen-bond acceptors (Lipinski definition) is 4. The molecule has 1 unspecified atom stereocenters. The second-order valence-electron chi connectivity index (χ2n) is 6.78. The Bertz CT molecular complexity index is 924. The molecule has 0 aliphatic rings. The Labute approximate surface area is 167 Å². The number of anilines is 1. The van der Waals surface area contributed by atoms with E-state index in [1.54, 1.807) is 19.1 Å². The van der Waals surface area contributed by atoms with Crippen LogP contribution < -0.4 is 10.1 Å². The Hall–Kier alpha value is -2.38. The highest BCUT2D eigenvalue weighted by atomic mass is 32.2. The highest BCUT2D eigenvalue weighted by Crippen LogP contribution is 2.23. The Morgan fingerprint density at radius 2 is 1.79 bits per heavy atom. The summed E-state index contributed by atoms with van der Waals surface area (Å²) in [5, 5.41) is 2.84. The van der Waals surface area contributed by atoms with Gasteiger partial charge in [0.15, 0.2) is 0 Å². The molecule has 0 saturated heterocycles. The third kappa shape index (κ3) is 4.91. The number of methoxy groups -OCH3 is 1. The molecule has 0 aliphatic carbocycles. The summed E-state index contributed by atoms with van der Waals surface area (Å²) >= 11 is 0. The van der Waals surface area contributed by atoms with E-state index in [1.165, 1.54) is 23.5 Å². The van der Waals surface area contributed by atoms with E-state index in [-0.39, 0.29) is 23.4 Å². The van der Waals surface area contributed by atoms with Crippen molar-refractivity contribution < 1.29 is 17.9 Å². The lowest BCUT2D eigenvalue weighted by molar-refractivity contribution is -0.116. The first-order valence-corrected chi connectivity index (χ1v) is 10.7. The van der Waals surface area contributed by atoms with Gasteiger partial charge < -0.3 is 10.1 Å². The first-order chi connectivity index (χ1) is 13.2. The number of hydrogen-bond donors (Lipinski definition) is 1. The predicted octanol–water partition coefficient (Wildman–Crippen LogP) is 3.74. The van der Waals surface area contributed by atoms with Gasteiger partial charge in [0.2, 0.25) is 15.9 Å². The summed E-state index contributed by atoms with van der Waals surface area (Å²) in [5.41, 5.74) is 2.71. The summed E-state index contributed by atoms with van der Waals surface area (Å²) in [7, 11) is -2.31. The van der Waals surface area contributed by atoms with E-state index >= 15 is 0 Å². The van der Waals surface area contributed by atoms with Crippen molar-refractivity contribution in [3.8, 4) is 5.75 Å². The van der Waals surface area contributed by atoms with Crippen LogP contribution in [0.25, 0.3) is 0 Å². The highest BCUT2D eigenvalue weighted by molar-refractivity contribution is 7.89. The van der Waals surface area contributed by atoms with Crippen molar-refractivity contribution in [3.63, 3.8) is 0 Å². The third-order valence-electron chi connectivity index (χ3n) is 4.93. The Balaban J connectivity index is 2.27. The highest BCUT2D eigenvalue weighted by Gasteiger charge is 2.30. The second-order valence-corrected chi connectivity index (χ2v) is 8.67. The Morgan fingerprint density at radius 1 is 1.14 bits per heavy atom. The molecular formula is C21H28N2O4S. The zero-order valence-electron chi connectivity index (χ0n) is 17.0. The third-order valence-corrected chi connectivity index (χ3v) is 6.90. The van der Waals surface area contributed by atoms with Crippen LogP contribution in [-0.2, 0) is 14.8 Å². The van der Waals surface area contributed by atoms with E-state index in [9.17, 15) is 13.2 Å². The quantitative estimate of drug-likeness (QED) is 0.727. The molecule has 0 fully saturated rings. The van der Waals surface area contributed by atoms with Crippen LogP contribution >= 0.6 is 0 Å². The normalized spacial score (nSPS) is 12.6. The van der Waals surface area contributed by atoms with Gasteiger partial charge in [0.25, 0.3) is 0 Å². The van der Waals surface area contributed by atoms with Crippen LogP contribution in [0.3, 0.4) is 0 Å². The number of amides is 1. The number of carbonyl (C=O) groups excluding carboxylic acids is 1. The van der Waals surface area contributed by atoms with Crippen LogP contribution in [0.5, 0.6) is 5.75 Å². The predicted molar refractivity (Wildman–Crippen MR) is 111 cm³/mol. The van der Waals surface area contributed by atoms with Crippen LogP contribution in [-0.4, -0.2) is 38.3 Å². The maximum atomic E-state index is 13.1. The van der Waals surface area contributed by atoms with Crippen molar-refractivity contribution in [1.29, 1.82) is 0 Å². The summed E-state index contributed by atoms with van der Waals surface area (Å²) in [6.07, 6.45) is 0.589. The molecule has 0 radical (unpaired) electrons. The summed E-state index contributed by atoms with van der Waals surface area (Å²) in [5.74, 6) is 0.202. The van der Waals surface area contributed by atoms with Gasteiger partial charge in [-0.05, 0) is 68.7 Å². The molecule has 0 saturated carbocycles. The SMILES string of the molecule is CCC(C)N(CC(=O)Nc1cccc(C)c1C)S(=O)(=O)c1ccc(OC)cc1. The van der Waals surface area contributed by atoms with E-state index in [0.29, 0.717) is 17.9 Å². The average Bonchev–Trinajstić information content (AvgIpc) is 2.69. The fourth-order valence-electron chi connectivity index (χ4n) is 2.78. The van der Waals surface area contributed by atoms with Crippen LogP contribution in [0.4, 0.5) is 5.69 Å². The van der Waals surface area contributed by atoms with Crippen molar-refractivity contribution in [2.75, 3.05) is 19.0 Å². The summed E-state index contributed by atoms with van der Waals surface area (Å²) in [4.78, 5) is 12.8. The standard InChI is InChI=1S/C21H28N2O4S/c1-6-16(3)23(28(25,26)19-12-10-18(27-5)11-13-19)14-21(24)22-20-9-7-8-15(2)17(20)4/h7-13,16H,6,14H2,1-5H3,(H,22,24). The van der Waals surface area contributed by atoms with Gasteiger partial charge in [0.1, 0.15) is 5.75 Å². The first-order valence-electron chi connectivity index (χ1n) is 9.22. The zero-order valence-corrected chi connectivity index (χ0v) is 17.8. The molecule has 1 amide bonds. The minimum atomic E-state index is -3.83. The summed E-state index contributed by atoms with van der Waals surface area (Å²) in [6.45, 7) is 7.32. The Morgan fingerprint density at radius 3 is 2.36 bits per heavy atom. The number of nitrogens with zero attached hydrogens (tertiary/aromatic N) is 1. The number of nitrogens with one attached hydrogen (secondary N) is 1. The van der Waals surface area contributed by atoms with Gasteiger partial charge in [-0.2, -0.15) is 4.31 Å². The van der Waals surface area contributed by atoms with E-state index in [4.69, 9.17) is 4.74 Å². The smallest absolute Gasteiger partial charge is 0.243 e. The van der Waals surface area contributed by atoms with E-state index in [1.807, 2.05) is 39.0 Å². The lowest BCUT2D eigenvalue weighted by atomic mass is 10.1. The molecule has 0 aromatic heterocycles. The number of aryl methyl sites for hydroxylation is 1. The molecule has 2 rings (SSSR count). The number of sulfonamides is 1. The molecular weight excluding hydrogens is 376 g/mol. The number of benzene rings is 2. The zero-order chi connectivity index (χ0) is 20.9. The van der Waals surface area contributed by atoms with Gasteiger partial charge >= 0.3 is 0 Å². The topological polar surface area (TPSA) is 75.7 Å². The summed E-state index contributed by atoms with van der Waals surface area (Å²) < 4.78 is 32.6. The minimum absolute atomic E-state index is 0.133. The molecule has 7 heteroatoms. The van der Waals surface area contributed by atoms with Gasteiger partial charge in [-0.1, -0.05) is 19.1 Å². The Kier molecular flexibility index (Phi) is 7.21. The lowest BCUT2D eigenvalue weighted by Crippen LogP contribution is -2.43. The van der Waals surface area contributed by atoms with Gasteiger partial charge in [-0.15, -0.1) is 0 Å². The summed E-state index contributed by atoms with van der Waals surface area (Å²) in [6, 6.07) is 11.5. The van der Waals surface area contributed by atoms with Gasteiger partial charge in [0.05, 0.1) is 18.6 Å². The van der Waals surface area contributed by atoms with Crippen LogP contribution in [0.1, 0.15) is 31.4 Å². The molecule has 0 heterocycles. The molecule has 6 nitrogen and oxygen atoms in total. The van der Waals surface area contributed by atoms with Crippen molar-refractivity contribution in [2.45, 2.75) is 45.1 Å².